The van der Waals surface area contributed by atoms with Crippen LogP contribution in [0, 0.1) is 6.92 Å². The standard InChI is InChI=1S/C22H22N2O4/c1-16-8-10-17(11-9-16)14-24(2)21(25)15-28-19-6-3-5-18(13-19)23-22(26)20-7-4-12-27-20/h3-13H,14-15H2,1-2H3,(H,23,26). The van der Waals surface area contributed by atoms with Crippen molar-refractivity contribution in [3.63, 3.8) is 0 Å². The van der Waals surface area contributed by atoms with E-state index in [9.17, 15) is 9.59 Å². The predicted octanol–water partition coefficient (Wildman–Crippen LogP) is 3.88. The van der Waals surface area contributed by atoms with Crippen LogP contribution in [-0.4, -0.2) is 30.4 Å². The zero-order valence-corrected chi connectivity index (χ0v) is 15.8. The molecule has 0 atom stereocenters. The lowest BCUT2D eigenvalue weighted by Gasteiger charge is -2.18. The number of nitrogens with zero attached hydrogens (tertiary/aromatic N) is 1. The van der Waals surface area contributed by atoms with Gasteiger partial charge in [0.2, 0.25) is 0 Å². The summed E-state index contributed by atoms with van der Waals surface area (Å²) in [4.78, 5) is 26.0. The Morgan fingerprint density at radius 2 is 1.86 bits per heavy atom. The summed E-state index contributed by atoms with van der Waals surface area (Å²) in [6.07, 6.45) is 1.44. The van der Waals surface area contributed by atoms with Gasteiger partial charge in [-0.25, -0.2) is 0 Å². The first-order chi connectivity index (χ1) is 13.5. The zero-order valence-electron chi connectivity index (χ0n) is 15.8. The number of anilines is 1. The first kappa shape index (κ1) is 19.2. The molecule has 0 saturated carbocycles. The van der Waals surface area contributed by atoms with Crippen LogP contribution in [0.5, 0.6) is 5.75 Å². The molecule has 0 aliphatic carbocycles. The van der Waals surface area contributed by atoms with Gasteiger partial charge in [0.25, 0.3) is 11.8 Å². The maximum Gasteiger partial charge on any atom is 0.291 e. The fourth-order valence-corrected chi connectivity index (χ4v) is 2.57. The number of aryl methyl sites for hydroxylation is 1. The Bertz CT molecular complexity index is 933. The van der Waals surface area contributed by atoms with E-state index in [0.29, 0.717) is 18.0 Å². The molecule has 6 heteroatoms. The molecule has 6 nitrogen and oxygen atoms in total. The van der Waals surface area contributed by atoms with Crippen molar-refractivity contribution in [3.8, 4) is 5.75 Å². The number of carbonyl (C=O) groups excluding carboxylic acids is 2. The lowest BCUT2D eigenvalue weighted by Crippen LogP contribution is -2.30. The van der Waals surface area contributed by atoms with E-state index in [1.807, 2.05) is 31.2 Å². The van der Waals surface area contributed by atoms with Crippen LogP contribution in [0.1, 0.15) is 21.7 Å². The number of furan rings is 1. The normalized spacial score (nSPS) is 10.4. The van der Waals surface area contributed by atoms with Crippen LogP contribution in [0.4, 0.5) is 5.69 Å². The van der Waals surface area contributed by atoms with Gasteiger partial charge in [-0.1, -0.05) is 35.9 Å². The fraction of sp³-hybridized carbons (Fsp3) is 0.182. The summed E-state index contributed by atoms with van der Waals surface area (Å²) in [5.74, 6) is 0.232. The Morgan fingerprint density at radius 1 is 1.07 bits per heavy atom. The second-order valence-corrected chi connectivity index (χ2v) is 6.48. The third-order valence-electron chi connectivity index (χ3n) is 4.17. The van der Waals surface area contributed by atoms with Crippen LogP contribution in [0.15, 0.2) is 71.3 Å². The van der Waals surface area contributed by atoms with E-state index in [4.69, 9.17) is 9.15 Å². The van der Waals surface area contributed by atoms with Gasteiger partial charge in [-0.15, -0.1) is 0 Å². The molecule has 3 aromatic rings. The van der Waals surface area contributed by atoms with Crippen LogP contribution in [0.3, 0.4) is 0 Å². The van der Waals surface area contributed by atoms with Gasteiger partial charge in [0.15, 0.2) is 12.4 Å². The first-order valence-corrected chi connectivity index (χ1v) is 8.88. The SMILES string of the molecule is Cc1ccc(CN(C)C(=O)COc2cccc(NC(=O)c3ccco3)c2)cc1. The molecular formula is C22H22N2O4. The number of likely N-dealkylation sites (N-methyl/N-ethyl adjacent to an activating group) is 1. The monoisotopic (exact) mass is 378 g/mol. The van der Waals surface area contributed by atoms with E-state index < -0.39 is 0 Å². The molecule has 0 radical (unpaired) electrons. The van der Waals surface area contributed by atoms with Crippen molar-refractivity contribution in [3.05, 3.63) is 83.8 Å². The number of hydrogen-bond acceptors (Lipinski definition) is 4. The number of ether oxygens (including phenoxy) is 1. The second-order valence-electron chi connectivity index (χ2n) is 6.48. The summed E-state index contributed by atoms with van der Waals surface area (Å²) in [6, 6.07) is 18.2. The van der Waals surface area contributed by atoms with Crippen LogP contribution in [0.2, 0.25) is 0 Å². The number of amides is 2. The molecule has 0 aliphatic rings. The number of carbonyl (C=O) groups is 2. The minimum atomic E-state index is -0.351. The van der Waals surface area contributed by atoms with Crippen molar-refractivity contribution < 1.29 is 18.7 Å². The van der Waals surface area contributed by atoms with Gasteiger partial charge in [-0.2, -0.15) is 0 Å². The molecule has 1 heterocycles. The van der Waals surface area contributed by atoms with E-state index in [0.717, 1.165) is 5.56 Å². The minimum absolute atomic E-state index is 0.0854. The average molecular weight is 378 g/mol. The summed E-state index contributed by atoms with van der Waals surface area (Å²) in [7, 11) is 1.74. The van der Waals surface area contributed by atoms with Gasteiger partial charge < -0.3 is 19.4 Å². The molecule has 0 aliphatic heterocycles. The van der Waals surface area contributed by atoms with Crippen molar-refractivity contribution >= 4 is 17.5 Å². The van der Waals surface area contributed by atoms with E-state index in [-0.39, 0.29) is 24.2 Å². The van der Waals surface area contributed by atoms with Crippen molar-refractivity contribution in [2.45, 2.75) is 13.5 Å². The molecule has 0 spiro atoms. The van der Waals surface area contributed by atoms with Gasteiger partial charge in [0.05, 0.1) is 6.26 Å². The molecule has 1 N–H and O–H groups in total. The fourth-order valence-electron chi connectivity index (χ4n) is 2.57. The van der Waals surface area contributed by atoms with Crippen molar-refractivity contribution in [1.82, 2.24) is 4.90 Å². The lowest BCUT2D eigenvalue weighted by atomic mass is 10.1. The first-order valence-electron chi connectivity index (χ1n) is 8.88. The Kier molecular flexibility index (Phi) is 6.11. The maximum absolute atomic E-state index is 12.3. The summed E-state index contributed by atoms with van der Waals surface area (Å²) in [5, 5.41) is 2.72. The number of hydrogen-bond donors (Lipinski definition) is 1. The highest BCUT2D eigenvalue weighted by Crippen LogP contribution is 2.18. The van der Waals surface area contributed by atoms with Gasteiger partial charge in [-0.3, -0.25) is 9.59 Å². The number of benzene rings is 2. The number of nitrogens with one attached hydrogen (secondary N) is 1. The predicted molar refractivity (Wildman–Crippen MR) is 106 cm³/mol. The summed E-state index contributed by atoms with van der Waals surface area (Å²) < 4.78 is 10.7. The highest BCUT2D eigenvalue weighted by molar-refractivity contribution is 6.02. The van der Waals surface area contributed by atoms with Gasteiger partial charge in [0, 0.05) is 25.3 Å². The molecule has 1 aromatic heterocycles. The Balaban J connectivity index is 1.53. The molecule has 144 valence electrons. The minimum Gasteiger partial charge on any atom is -0.484 e. The smallest absolute Gasteiger partial charge is 0.291 e. The van der Waals surface area contributed by atoms with E-state index in [2.05, 4.69) is 5.32 Å². The largest absolute Gasteiger partial charge is 0.484 e. The summed E-state index contributed by atoms with van der Waals surface area (Å²) >= 11 is 0. The molecule has 0 unspecified atom stereocenters. The molecule has 0 bridgehead atoms. The van der Waals surface area contributed by atoms with Gasteiger partial charge >= 0.3 is 0 Å². The van der Waals surface area contributed by atoms with Crippen LogP contribution in [0.25, 0.3) is 0 Å². The molecule has 3 rings (SSSR count). The van der Waals surface area contributed by atoms with Gasteiger partial charge in [0.1, 0.15) is 5.75 Å². The van der Waals surface area contributed by atoms with Crippen molar-refractivity contribution in [1.29, 1.82) is 0 Å². The third-order valence-corrected chi connectivity index (χ3v) is 4.17. The third kappa shape index (κ3) is 5.23. The average Bonchev–Trinajstić information content (AvgIpc) is 3.23. The zero-order chi connectivity index (χ0) is 19.9. The van der Waals surface area contributed by atoms with Gasteiger partial charge in [-0.05, 0) is 36.8 Å². The Hall–Kier alpha value is -3.54. The highest BCUT2D eigenvalue weighted by Gasteiger charge is 2.12. The maximum atomic E-state index is 12.3. The molecule has 28 heavy (non-hydrogen) atoms. The molecule has 0 saturated heterocycles. The lowest BCUT2D eigenvalue weighted by molar-refractivity contribution is -0.132. The van der Waals surface area contributed by atoms with E-state index in [1.165, 1.54) is 11.8 Å². The molecule has 2 amide bonds. The Morgan fingerprint density at radius 3 is 2.57 bits per heavy atom. The summed E-state index contributed by atoms with van der Waals surface area (Å²) in [6.45, 7) is 2.46. The molecule has 0 fully saturated rings. The van der Waals surface area contributed by atoms with Crippen LogP contribution >= 0.6 is 0 Å². The quantitative estimate of drug-likeness (QED) is 0.677. The van der Waals surface area contributed by atoms with Crippen molar-refractivity contribution in [2.24, 2.45) is 0 Å². The summed E-state index contributed by atoms with van der Waals surface area (Å²) in [5.41, 5.74) is 2.79. The van der Waals surface area contributed by atoms with E-state index >= 15 is 0 Å². The van der Waals surface area contributed by atoms with Crippen molar-refractivity contribution in [2.75, 3.05) is 19.0 Å². The number of rotatable bonds is 7. The topological polar surface area (TPSA) is 71.8 Å². The molecule has 2 aromatic carbocycles. The highest BCUT2D eigenvalue weighted by atomic mass is 16.5. The van der Waals surface area contributed by atoms with Crippen LogP contribution < -0.4 is 10.1 Å². The van der Waals surface area contributed by atoms with Crippen LogP contribution in [-0.2, 0) is 11.3 Å². The second kappa shape index (κ2) is 8.90. The Labute approximate surface area is 163 Å². The van der Waals surface area contributed by atoms with E-state index in [1.54, 1.807) is 48.3 Å². The molecular weight excluding hydrogens is 356 g/mol.